The smallest absolute Gasteiger partial charge is 0.163 e. The first-order valence-electron chi connectivity index (χ1n) is 2.55. The van der Waals surface area contributed by atoms with E-state index in [4.69, 9.17) is 0 Å². The first kappa shape index (κ1) is 6.11. The van der Waals surface area contributed by atoms with Crippen LogP contribution >= 0.6 is 11.8 Å². The second-order valence-corrected chi connectivity index (χ2v) is 2.77. The lowest BCUT2D eigenvalue weighted by Gasteiger charge is -1.98. The molecular weight excluding hydrogens is 122 g/mol. The lowest BCUT2D eigenvalue weighted by molar-refractivity contribution is -0.114. The summed E-state index contributed by atoms with van der Waals surface area (Å²) in [6.07, 6.45) is 0. The second-order valence-electron chi connectivity index (χ2n) is 1.66. The molecular formula is C5H8NOS. The van der Waals surface area contributed by atoms with E-state index in [1.807, 2.05) is 0 Å². The van der Waals surface area contributed by atoms with Crippen LogP contribution in [0.2, 0.25) is 0 Å². The Morgan fingerprint density at radius 1 is 1.88 bits per heavy atom. The normalized spacial score (nSPS) is 21.6. The van der Waals surface area contributed by atoms with E-state index in [2.05, 4.69) is 5.32 Å². The maximum absolute atomic E-state index is 10.5. The van der Waals surface area contributed by atoms with Crippen molar-refractivity contribution in [1.82, 2.24) is 5.32 Å². The lowest BCUT2D eigenvalue weighted by Crippen LogP contribution is -2.17. The van der Waals surface area contributed by atoms with Crippen LogP contribution in [0.3, 0.4) is 0 Å². The molecule has 0 atom stereocenters. The Morgan fingerprint density at radius 3 is 2.88 bits per heavy atom. The molecule has 8 heavy (non-hydrogen) atoms. The minimum Gasteiger partial charge on any atom is -0.297 e. The molecule has 0 saturated carbocycles. The highest BCUT2D eigenvalue weighted by atomic mass is 32.2. The SMILES string of the molecule is CC(=O)[C]1NCCS1. The molecule has 3 heteroatoms. The highest BCUT2D eigenvalue weighted by Gasteiger charge is 2.19. The van der Waals surface area contributed by atoms with Crippen molar-refractivity contribution in [3.63, 3.8) is 0 Å². The first-order valence-corrected chi connectivity index (χ1v) is 3.54. The molecule has 0 unspecified atom stereocenters. The third-order valence-electron chi connectivity index (χ3n) is 0.954. The number of thioether (sulfide) groups is 1. The van der Waals surface area contributed by atoms with Gasteiger partial charge in [-0.25, -0.2) is 0 Å². The fourth-order valence-electron chi connectivity index (χ4n) is 0.595. The van der Waals surface area contributed by atoms with E-state index in [1.54, 1.807) is 18.7 Å². The van der Waals surface area contributed by atoms with Crippen molar-refractivity contribution in [2.75, 3.05) is 12.3 Å². The van der Waals surface area contributed by atoms with Crippen LogP contribution in [0.1, 0.15) is 6.92 Å². The van der Waals surface area contributed by atoms with Crippen LogP contribution in [0.5, 0.6) is 0 Å². The van der Waals surface area contributed by atoms with Gasteiger partial charge >= 0.3 is 0 Å². The standard InChI is InChI=1S/C5H8NOS/c1-4(7)5-6-2-3-8-5/h6H,2-3H2,1H3. The van der Waals surface area contributed by atoms with Crippen molar-refractivity contribution in [3.05, 3.63) is 5.37 Å². The summed E-state index contributed by atoms with van der Waals surface area (Å²) < 4.78 is 0. The molecule has 1 aliphatic rings. The van der Waals surface area contributed by atoms with E-state index in [-0.39, 0.29) is 5.78 Å². The molecule has 0 aromatic heterocycles. The molecule has 0 aromatic carbocycles. The van der Waals surface area contributed by atoms with Crippen LogP contribution in [0.25, 0.3) is 0 Å². The quantitative estimate of drug-likeness (QED) is 0.557. The predicted octanol–water partition coefficient (Wildman–Crippen LogP) is 0.401. The van der Waals surface area contributed by atoms with Gasteiger partial charge in [0.2, 0.25) is 0 Å². The number of ketones is 1. The fourth-order valence-corrected chi connectivity index (χ4v) is 1.41. The van der Waals surface area contributed by atoms with Gasteiger partial charge in [0, 0.05) is 12.3 Å². The second kappa shape index (κ2) is 2.51. The van der Waals surface area contributed by atoms with Crippen molar-refractivity contribution < 1.29 is 4.79 Å². The fraction of sp³-hybridized carbons (Fsp3) is 0.600. The zero-order valence-corrected chi connectivity index (χ0v) is 5.55. The third-order valence-corrected chi connectivity index (χ3v) is 2.08. The molecule has 0 aromatic rings. The number of rotatable bonds is 1. The number of carbonyl (C=O) groups excluding carboxylic acids is 1. The van der Waals surface area contributed by atoms with Crippen LogP contribution < -0.4 is 5.32 Å². The van der Waals surface area contributed by atoms with Crippen LogP contribution in [-0.4, -0.2) is 18.1 Å². The largest absolute Gasteiger partial charge is 0.297 e. The van der Waals surface area contributed by atoms with E-state index >= 15 is 0 Å². The zero-order valence-electron chi connectivity index (χ0n) is 4.73. The molecule has 2 nitrogen and oxygen atoms in total. The van der Waals surface area contributed by atoms with Gasteiger partial charge in [0.1, 0.15) is 0 Å². The predicted molar refractivity (Wildman–Crippen MR) is 34.4 cm³/mol. The van der Waals surface area contributed by atoms with Gasteiger partial charge in [-0.2, -0.15) is 0 Å². The Balaban J connectivity index is 2.35. The summed E-state index contributed by atoms with van der Waals surface area (Å²) in [4.78, 5) is 10.5. The first-order chi connectivity index (χ1) is 3.80. The number of nitrogens with one attached hydrogen (secondary N) is 1. The van der Waals surface area contributed by atoms with E-state index in [9.17, 15) is 4.79 Å². The minimum atomic E-state index is 0.160. The number of carbonyl (C=O) groups is 1. The van der Waals surface area contributed by atoms with Crippen LogP contribution in [-0.2, 0) is 4.79 Å². The maximum atomic E-state index is 10.5. The van der Waals surface area contributed by atoms with Crippen molar-refractivity contribution in [2.24, 2.45) is 0 Å². The topological polar surface area (TPSA) is 29.1 Å². The van der Waals surface area contributed by atoms with Gasteiger partial charge in [-0.1, -0.05) is 0 Å². The molecule has 1 saturated heterocycles. The van der Waals surface area contributed by atoms with Crippen molar-refractivity contribution >= 4 is 17.5 Å². The Labute approximate surface area is 53.0 Å². The highest BCUT2D eigenvalue weighted by molar-refractivity contribution is 8.03. The van der Waals surface area contributed by atoms with Crippen LogP contribution in [0, 0.1) is 5.37 Å². The Morgan fingerprint density at radius 2 is 2.62 bits per heavy atom. The minimum absolute atomic E-state index is 0.160. The van der Waals surface area contributed by atoms with Gasteiger partial charge in [-0.15, -0.1) is 11.8 Å². The molecule has 1 heterocycles. The van der Waals surface area contributed by atoms with E-state index < -0.39 is 0 Å². The number of Topliss-reactive ketones (excluding diaryl/α,β-unsaturated/α-hetero) is 1. The molecule has 0 aliphatic carbocycles. The molecule has 1 aliphatic heterocycles. The van der Waals surface area contributed by atoms with E-state index in [0.717, 1.165) is 17.7 Å². The van der Waals surface area contributed by atoms with Gasteiger partial charge in [0.05, 0.1) is 0 Å². The van der Waals surface area contributed by atoms with Gasteiger partial charge < -0.3 is 0 Å². The summed E-state index contributed by atoms with van der Waals surface area (Å²) in [6.45, 7) is 2.53. The summed E-state index contributed by atoms with van der Waals surface area (Å²) in [6, 6.07) is 0. The molecule has 0 bridgehead atoms. The highest BCUT2D eigenvalue weighted by Crippen LogP contribution is 2.20. The molecule has 0 spiro atoms. The molecule has 1 rings (SSSR count). The zero-order chi connectivity index (χ0) is 5.98. The van der Waals surface area contributed by atoms with Gasteiger partial charge in [-0.05, 0) is 6.92 Å². The van der Waals surface area contributed by atoms with E-state index in [0.29, 0.717) is 0 Å². The van der Waals surface area contributed by atoms with Gasteiger partial charge in [0.25, 0.3) is 0 Å². The molecule has 1 N–H and O–H groups in total. The number of hydrogen-bond donors (Lipinski definition) is 1. The average Bonchev–Trinajstić information content (AvgIpc) is 2.12. The summed E-state index contributed by atoms with van der Waals surface area (Å²) in [5.74, 6) is 1.20. The summed E-state index contributed by atoms with van der Waals surface area (Å²) >= 11 is 1.61. The van der Waals surface area contributed by atoms with Crippen LogP contribution in [0.4, 0.5) is 0 Å². The molecule has 45 valence electrons. The summed E-state index contributed by atoms with van der Waals surface area (Å²) in [7, 11) is 0. The molecule has 1 fully saturated rings. The Bertz CT molecular complexity index is 98.6. The average molecular weight is 130 g/mol. The van der Waals surface area contributed by atoms with E-state index in [1.165, 1.54) is 0 Å². The van der Waals surface area contributed by atoms with Gasteiger partial charge in [-0.3, -0.25) is 10.1 Å². The molecule has 1 radical (unpaired) electrons. The van der Waals surface area contributed by atoms with Crippen molar-refractivity contribution in [3.8, 4) is 0 Å². The van der Waals surface area contributed by atoms with Gasteiger partial charge in [0.15, 0.2) is 11.2 Å². The Kier molecular flexibility index (Phi) is 1.91. The third kappa shape index (κ3) is 1.23. The summed E-state index contributed by atoms with van der Waals surface area (Å²) in [5.41, 5.74) is 0. The lowest BCUT2D eigenvalue weighted by atomic mass is 10.4. The maximum Gasteiger partial charge on any atom is 0.163 e. The monoisotopic (exact) mass is 130 g/mol. The van der Waals surface area contributed by atoms with Crippen molar-refractivity contribution in [2.45, 2.75) is 6.92 Å². The van der Waals surface area contributed by atoms with Crippen molar-refractivity contribution in [1.29, 1.82) is 0 Å². The Hall–Kier alpha value is -0.0200. The summed E-state index contributed by atoms with van der Waals surface area (Å²) in [5, 5.41) is 3.81. The number of hydrogen-bond acceptors (Lipinski definition) is 3. The van der Waals surface area contributed by atoms with Crippen LogP contribution in [0.15, 0.2) is 0 Å². The molecule has 0 amide bonds.